The third-order valence-electron chi connectivity index (χ3n) is 3.86. The molecule has 23 heavy (non-hydrogen) atoms. The van der Waals surface area contributed by atoms with Gasteiger partial charge in [0.05, 0.1) is 0 Å². The quantitative estimate of drug-likeness (QED) is 0.572. The summed E-state index contributed by atoms with van der Waals surface area (Å²) in [6.07, 6.45) is 4.08. The van der Waals surface area contributed by atoms with E-state index in [-0.39, 0.29) is 5.75 Å². The summed E-state index contributed by atoms with van der Waals surface area (Å²) < 4.78 is 14.0. The number of phenols is 1. The largest absolute Gasteiger partial charge is 0.505 e. The van der Waals surface area contributed by atoms with Crippen LogP contribution in [-0.2, 0) is 6.42 Å². The van der Waals surface area contributed by atoms with Crippen molar-refractivity contribution in [3.05, 3.63) is 71.1 Å². The number of aromatic hydroxyl groups is 1. The summed E-state index contributed by atoms with van der Waals surface area (Å²) in [5, 5.41) is 12.5. The van der Waals surface area contributed by atoms with Crippen LogP contribution in [-0.4, -0.2) is 15.1 Å². The monoisotopic (exact) mass is 324 g/mol. The van der Waals surface area contributed by atoms with Crippen LogP contribution in [0.3, 0.4) is 0 Å². The molecule has 0 aliphatic heterocycles. The van der Waals surface area contributed by atoms with Gasteiger partial charge in [-0.2, -0.15) is 0 Å². The summed E-state index contributed by atoms with van der Waals surface area (Å²) in [6.45, 7) is 0. The fourth-order valence-corrected chi connectivity index (χ4v) is 3.40. The number of rotatable bonds is 3. The zero-order valence-electron chi connectivity index (χ0n) is 12.1. The highest BCUT2D eigenvalue weighted by Gasteiger charge is 2.12. The van der Waals surface area contributed by atoms with Crippen LogP contribution in [0.5, 0.6) is 5.75 Å². The highest BCUT2D eigenvalue weighted by Crippen LogP contribution is 2.29. The fourth-order valence-electron chi connectivity index (χ4n) is 2.69. The third kappa shape index (κ3) is 2.49. The molecule has 0 radical (unpaired) electrons. The predicted molar refractivity (Wildman–Crippen MR) is 90.3 cm³/mol. The first kappa shape index (κ1) is 14.0. The number of aromatic amines is 1. The van der Waals surface area contributed by atoms with Gasteiger partial charge in [-0.3, -0.25) is 0 Å². The Morgan fingerprint density at radius 2 is 2.09 bits per heavy atom. The van der Waals surface area contributed by atoms with Gasteiger partial charge in [0, 0.05) is 34.6 Å². The molecule has 0 atom stereocenters. The minimum absolute atomic E-state index is 0.320. The predicted octanol–water partition coefficient (Wildman–Crippen LogP) is 4.73. The lowest BCUT2D eigenvalue weighted by atomic mass is 10.0. The Bertz CT molecular complexity index is 976. The number of fused-ring (bicyclic) bond motifs is 1. The van der Waals surface area contributed by atoms with Gasteiger partial charge in [-0.25, -0.2) is 9.37 Å². The zero-order chi connectivity index (χ0) is 15.8. The molecular formula is C18H13FN2OS. The number of thiophene rings is 1. The van der Waals surface area contributed by atoms with Crippen molar-refractivity contribution in [2.24, 2.45) is 0 Å². The Labute approximate surface area is 136 Å². The van der Waals surface area contributed by atoms with Crippen molar-refractivity contribution in [2.45, 2.75) is 6.42 Å². The van der Waals surface area contributed by atoms with Gasteiger partial charge in [0.25, 0.3) is 0 Å². The number of phenolic OH excluding ortho intramolecular Hbond substituents is 1. The van der Waals surface area contributed by atoms with Gasteiger partial charge in [0.15, 0.2) is 11.6 Å². The van der Waals surface area contributed by atoms with Gasteiger partial charge < -0.3 is 10.1 Å². The fraction of sp³-hybridized carbons (Fsp3) is 0.0556. The van der Waals surface area contributed by atoms with Gasteiger partial charge in [0.1, 0.15) is 5.65 Å². The molecular weight excluding hydrogens is 311 g/mol. The van der Waals surface area contributed by atoms with E-state index in [1.807, 2.05) is 23.8 Å². The molecule has 0 amide bonds. The molecule has 3 nitrogen and oxygen atoms in total. The van der Waals surface area contributed by atoms with Gasteiger partial charge in [-0.05, 0) is 34.7 Å². The lowest BCUT2D eigenvalue weighted by Crippen LogP contribution is -1.92. The molecule has 0 aliphatic carbocycles. The van der Waals surface area contributed by atoms with Crippen molar-refractivity contribution < 1.29 is 9.50 Å². The molecule has 4 rings (SSSR count). The molecule has 3 heterocycles. The van der Waals surface area contributed by atoms with Crippen LogP contribution in [0, 0.1) is 5.82 Å². The molecule has 0 saturated heterocycles. The number of nitrogens with zero attached hydrogens (tertiary/aromatic N) is 1. The van der Waals surface area contributed by atoms with Crippen molar-refractivity contribution in [3.8, 4) is 16.2 Å². The number of nitrogens with one attached hydrogen (secondary N) is 1. The van der Waals surface area contributed by atoms with Crippen LogP contribution in [0.4, 0.5) is 4.39 Å². The third-order valence-corrected chi connectivity index (χ3v) is 4.78. The van der Waals surface area contributed by atoms with Crippen LogP contribution >= 0.6 is 11.3 Å². The molecule has 114 valence electrons. The lowest BCUT2D eigenvalue weighted by Gasteiger charge is -2.04. The number of halogens is 1. The second-order valence-electron chi connectivity index (χ2n) is 5.34. The highest BCUT2D eigenvalue weighted by atomic mass is 32.1. The maximum absolute atomic E-state index is 14.0. The molecule has 1 aromatic carbocycles. The maximum Gasteiger partial charge on any atom is 0.168 e. The summed E-state index contributed by atoms with van der Waals surface area (Å²) in [4.78, 5) is 8.72. The number of aromatic nitrogens is 2. The molecule has 0 spiro atoms. The number of hydrogen-bond acceptors (Lipinski definition) is 3. The van der Waals surface area contributed by atoms with E-state index >= 15 is 0 Å². The number of benzene rings is 1. The van der Waals surface area contributed by atoms with Crippen molar-refractivity contribution in [1.29, 1.82) is 0 Å². The van der Waals surface area contributed by atoms with Gasteiger partial charge in [-0.1, -0.05) is 18.2 Å². The van der Waals surface area contributed by atoms with E-state index in [1.165, 1.54) is 6.07 Å². The smallest absolute Gasteiger partial charge is 0.168 e. The van der Waals surface area contributed by atoms with Gasteiger partial charge in [-0.15, -0.1) is 11.3 Å². The van der Waals surface area contributed by atoms with E-state index in [1.54, 1.807) is 23.5 Å². The van der Waals surface area contributed by atoms with Crippen LogP contribution in [0.2, 0.25) is 0 Å². The van der Waals surface area contributed by atoms with E-state index < -0.39 is 5.82 Å². The number of H-pyrrole nitrogens is 1. The van der Waals surface area contributed by atoms with Crippen LogP contribution in [0.25, 0.3) is 21.5 Å². The van der Waals surface area contributed by atoms with E-state index in [0.29, 0.717) is 12.0 Å². The summed E-state index contributed by atoms with van der Waals surface area (Å²) in [5.74, 6) is -0.885. The first-order valence-corrected chi connectivity index (χ1v) is 8.06. The molecule has 0 bridgehead atoms. The van der Waals surface area contributed by atoms with Crippen molar-refractivity contribution in [2.75, 3.05) is 0 Å². The Morgan fingerprint density at radius 1 is 1.17 bits per heavy atom. The first-order valence-electron chi connectivity index (χ1n) is 7.18. The van der Waals surface area contributed by atoms with Crippen LogP contribution < -0.4 is 0 Å². The molecule has 2 N–H and O–H groups in total. The molecule has 3 aromatic heterocycles. The van der Waals surface area contributed by atoms with Gasteiger partial charge in [0.2, 0.25) is 0 Å². The molecule has 0 unspecified atom stereocenters. The Hall–Kier alpha value is -2.66. The van der Waals surface area contributed by atoms with Crippen LogP contribution in [0.1, 0.15) is 11.1 Å². The average Bonchev–Trinajstić information content (AvgIpc) is 3.21. The molecule has 0 fully saturated rings. The molecule has 0 aliphatic rings. The molecule has 4 aromatic rings. The van der Waals surface area contributed by atoms with Crippen molar-refractivity contribution in [3.63, 3.8) is 0 Å². The van der Waals surface area contributed by atoms with Crippen LogP contribution in [0.15, 0.2) is 54.2 Å². The zero-order valence-corrected chi connectivity index (χ0v) is 12.9. The number of hydrogen-bond donors (Lipinski definition) is 2. The topological polar surface area (TPSA) is 48.9 Å². The first-order chi connectivity index (χ1) is 11.2. The van der Waals surface area contributed by atoms with Gasteiger partial charge >= 0.3 is 0 Å². The second-order valence-corrected chi connectivity index (χ2v) is 6.29. The lowest BCUT2D eigenvalue weighted by molar-refractivity contribution is 0.429. The maximum atomic E-state index is 14.0. The Kier molecular flexibility index (Phi) is 3.35. The van der Waals surface area contributed by atoms with E-state index in [4.69, 9.17) is 0 Å². The minimum Gasteiger partial charge on any atom is -0.505 e. The minimum atomic E-state index is -0.566. The van der Waals surface area contributed by atoms with E-state index in [0.717, 1.165) is 27.0 Å². The summed E-state index contributed by atoms with van der Waals surface area (Å²) in [7, 11) is 0. The summed E-state index contributed by atoms with van der Waals surface area (Å²) in [5.41, 5.74) is 3.24. The SMILES string of the molecule is Oc1cccc(Cc2c[nH]c3ncc(-c4cccs4)cc23)c1F. The average molecular weight is 324 g/mol. The summed E-state index contributed by atoms with van der Waals surface area (Å²) in [6, 6.07) is 10.8. The van der Waals surface area contributed by atoms with Crippen molar-refractivity contribution >= 4 is 22.4 Å². The standard InChI is InChI=1S/C18H13FN2OS/c19-17-11(3-1-4-15(17)22)7-12-9-20-18-14(12)8-13(10-21-18)16-5-2-6-23-16/h1-6,8-10,22H,7H2,(H,20,21). The number of pyridine rings is 1. The Balaban J connectivity index is 1.78. The molecule has 0 saturated carbocycles. The van der Waals surface area contributed by atoms with Crippen molar-refractivity contribution in [1.82, 2.24) is 9.97 Å². The summed E-state index contributed by atoms with van der Waals surface area (Å²) >= 11 is 1.66. The highest BCUT2D eigenvalue weighted by molar-refractivity contribution is 7.13. The van der Waals surface area contributed by atoms with E-state index in [2.05, 4.69) is 22.1 Å². The second kappa shape index (κ2) is 5.52. The normalized spacial score (nSPS) is 11.2. The molecule has 5 heteroatoms. The van der Waals surface area contributed by atoms with E-state index in [9.17, 15) is 9.50 Å². The Morgan fingerprint density at radius 3 is 2.91 bits per heavy atom.